The van der Waals surface area contributed by atoms with E-state index in [1.807, 2.05) is 48.7 Å². The number of pyridine rings is 2. The third-order valence-electron chi connectivity index (χ3n) is 4.55. The van der Waals surface area contributed by atoms with Crippen molar-refractivity contribution >= 4 is 23.3 Å². The van der Waals surface area contributed by atoms with E-state index >= 15 is 0 Å². The summed E-state index contributed by atoms with van der Waals surface area (Å²) in [7, 11) is 0. The number of rotatable bonds is 2. The molecule has 0 spiro atoms. The number of hydrogen-bond acceptors (Lipinski definition) is 9. The number of nitrogen functional groups attached to an aromatic ring is 2. The van der Waals surface area contributed by atoms with Gasteiger partial charge in [-0.15, -0.1) is 0 Å². The highest BCUT2D eigenvalue weighted by Gasteiger charge is 2.29. The lowest BCUT2D eigenvalue weighted by molar-refractivity contribution is 0.847. The zero-order valence-electron chi connectivity index (χ0n) is 15.1. The van der Waals surface area contributed by atoms with Crippen molar-refractivity contribution in [2.24, 2.45) is 4.99 Å². The van der Waals surface area contributed by atoms with Crippen molar-refractivity contribution in [2.45, 2.75) is 6.04 Å². The highest BCUT2D eigenvalue weighted by Crippen LogP contribution is 2.41. The number of aromatic nitrogens is 2. The van der Waals surface area contributed by atoms with Gasteiger partial charge in [-0.3, -0.25) is 10.3 Å². The molecule has 0 radical (unpaired) electrons. The number of aliphatic imine (C=N–C) groups is 1. The lowest BCUT2D eigenvalue weighted by Gasteiger charge is -2.26. The maximum Gasteiger partial charge on any atom is 0.211 e. The quantitative estimate of drug-likeness (QED) is 0.387. The molecule has 0 saturated heterocycles. The van der Waals surface area contributed by atoms with Crippen LogP contribution in [0.25, 0.3) is 11.1 Å². The van der Waals surface area contributed by atoms with Crippen LogP contribution in [0.2, 0.25) is 0 Å². The Kier molecular flexibility index (Phi) is 4.40. The Labute approximate surface area is 166 Å². The van der Waals surface area contributed by atoms with Crippen LogP contribution in [0.5, 0.6) is 0 Å². The number of nitriles is 2. The van der Waals surface area contributed by atoms with Crippen LogP contribution in [0, 0.1) is 22.8 Å². The van der Waals surface area contributed by atoms with Gasteiger partial charge in [0.2, 0.25) is 5.96 Å². The van der Waals surface area contributed by atoms with E-state index in [1.54, 1.807) is 12.4 Å². The van der Waals surface area contributed by atoms with Gasteiger partial charge in [-0.2, -0.15) is 10.5 Å². The Balaban J connectivity index is 1.90. The van der Waals surface area contributed by atoms with E-state index < -0.39 is 6.04 Å². The third kappa shape index (κ3) is 3.13. The van der Waals surface area contributed by atoms with Crippen LogP contribution in [0.1, 0.15) is 22.7 Å². The Morgan fingerprint density at radius 2 is 1.93 bits per heavy atom. The molecule has 9 nitrogen and oxygen atoms in total. The van der Waals surface area contributed by atoms with E-state index in [9.17, 15) is 5.26 Å². The Morgan fingerprint density at radius 1 is 1.10 bits per heavy atom. The molecule has 0 amide bonds. The van der Waals surface area contributed by atoms with Gasteiger partial charge in [0.25, 0.3) is 0 Å². The highest BCUT2D eigenvalue weighted by atomic mass is 15.2. The molecule has 0 fully saturated rings. The second kappa shape index (κ2) is 7.18. The Hall–Kier alpha value is -4.63. The first-order valence-corrected chi connectivity index (χ1v) is 8.61. The molecule has 1 aromatic carbocycles. The van der Waals surface area contributed by atoms with Gasteiger partial charge in [0.15, 0.2) is 6.19 Å². The summed E-state index contributed by atoms with van der Waals surface area (Å²) in [6, 6.07) is 13.0. The average molecular weight is 381 g/mol. The van der Waals surface area contributed by atoms with Crippen molar-refractivity contribution in [2.75, 3.05) is 16.8 Å². The minimum Gasteiger partial charge on any atom is -0.397 e. The zero-order chi connectivity index (χ0) is 20.4. The molecule has 29 heavy (non-hydrogen) atoms. The van der Waals surface area contributed by atoms with E-state index in [0.717, 1.165) is 16.7 Å². The van der Waals surface area contributed by atoms with Gasteiger partial charge in [0, 0.05) is 18.0 Å². The number of anilines is 3. The van der Waals surface area contributed by atoms with E-state index in [-0.39, 0.29) is 23.0 Å². The molecular formula is C20H15N9. The van der Waals surface area contributed by atoms with Crippen LogP contribution >= 0.6 is 0 Å². The first-order chi connectivity index (χ1) is 14.1. The number of nitrogens with two attached hydrogens (primary N) is 2. The SMILES string of the molecule is N#CNC1=NC(c2cccc(-c3cccnc3)c2)c2c(nc(N)c(C#N)c2N)N1. The summed E-state index contributed by atoms with van der Waals surface area (Å²) < 4.78 is 0. The maximum atomic E-state index is 9.42. The van der Waals surface area contributed by atoms with Crippen LogP contribution in [-0.4, -0.2) is 15.9 Å². The van der Waals surface area contributed by atoms with Gasteiger partial charge in [-0.1, -0.05) is 24.3 Å². The molecule has 9 heteroatoms. The largest absolute Gasteiger partial charge is 0.397 e. The van der Waals surface area contributed by atoms with Crippen LogP contribution in [-0.2, 0) is 0 Å². The van der Waals surface area contributed by atoms with Crippen LogP contribution in [0.3, 0.4) is 0 Å². The molecule has 2 aromatic heterocycles. The number of nitrogens with zero attached hydrogens (tertiary/aromatic N) is 5. The summed E-state index contributed by atoms with van der Waals surface area (Å²) in [6.45, 7) is 0. The Morgan fingerprint density at radius 3 is 2.66 bits per heavy atom. The molecule has 3 heterocycles. The summed E-state index contributed by atoms with van der Waals surface area (Å²) in [6.07, 6.45) is 5.31. The second-order valence-corrected chi connectivity index (χ2v) is 6.27. The van der Waals surface area contributed by atoms with Crippen molar-refractivity contribution in [3.05, 3.63) is 65.5 Å². The molecular weight excluding hydrogens is 366 g/mol. The smallest absolute Gasteiger partial charge is 0.211 e. The second-order valence-electron chi connectivity index (χ2n) is 6.27. The normalized spacial score (nSPS) is 14.6. The summed E-state index contributed by atoms with van der Waals surface area (Å²) >= 11 is 0. The van der Waals surface area contributed by atoms with Crippen molar-refractivity contribution in [3.63, 3.8) is 0 Å². The number of fused-ring (bicyclic) bond motifs is 1. The van der Waals surface area contributed by atoms with Gasteiger partial charge in [0.05, 0.1) is 5.69 Å². The van der Waals surface area contributed by atoms with Crippen molar-refractivity contribution in [1.29, 1.82) is 10.5 Å². The monoisotopic (exact) mass is 381 g/mol. The topological polar surface area (TPSA) is 162 Å². The first kappa shape index (κ1) is 17.8. The third-order valence-corrected chi connectivity index (χ3v) is 4.55. The molecule has 0 saturated carbocycles. The van der Waals surface area contributed by atoms with Crippen LogP contribution in [0.15, 0.2) is 53.8 Å². The number of benzene rings is 1. The van der Waals surface area contributed by atoms with Gasteiger partial charge in [-0.05, 0) is 28.8 Å². The van der Waals surface area contributed by atoms with E-state index in [1.165, 1.54) is 0 Å². The van der Waals surface area contributed by atoms with Gasteiger partial charge < -0.3 is 16.8 Å². The molecule has 4 rings (SSSR count). The summed E-state index contributed by atoms with van der Waals surface area (Å²) in [4.78, 5) is 13.0. The fraction of sp³-hybridized carbons (Fsp3) is 0.0500. The number of guanidine groups is 1. The molecule has 0 aliphatic carbocycles. The number of hydrogen-bond donors (Lipinski definition) is 4. The highest BCUT2D eigenvalue weighted by molar-refractivity contribution is 5.98. The van der Waals surface area contributed by atoms with E-state index in [4.69, 9.17) is 16.7 Å². The van der Waals surface area contributed by atoms with Crippen LogP contribution < -0.4 is 22.1 Å². The maximum absolute atomic E-state index is 9.42. The fourth-order valence-corrected chi connectivity index (χ4v) is 3.24. The lowest BCUT2D eigenvalue weighted by atomic mass is 9.93. The molecule has 6 N–H and O–H groups in total. The summed E-state index contributed by atoms with van der Waals surface area (Å²) in [5, 5.41) is 23.8. The van der Waals surface area contributed by atoms with E-state index in [0.29, 0.717) is 11.4 Å². The zero-order valence-corrected chi connectivity index (χ0v) is 15.1. The molecule has 140 valence electrons. The predicted molar refractivity (Wildman–Crippen MR) is 109 cm³/mol. The van der Waals surface area contributed by atoms with Gasteiger partial charge in [-0.25, -0.2) is 9.98 Å². The lowest BCUT2D eigenvalue weighted by Crippen LogP contribution is -2.32. The molecule has 1 unspecified atom stereocenters. The number of nitrogens with one attached hydrogen (secondary N) is 2. The Bertz CT molecular complexity index is 1200. The molecule has 3 aromatic rings. The predicted octanol–water partition coefficient (Wildman–Crippen LogP) is 2.12. The minimum absolute atomic E-state index is 0.0114. The van der Waals surface area contributed by atoms with Gasteiger partial charge >= 0.3 is 0 Å². The van der Waals surface area contributed by atoms with Crippen molar-refractivity contribution < 1.29 is 0 Å². The standard InChI is InChI=1S/C20H15N9/c21-8-14-16(23)15-17(27-20(26-10-22)29-19(15)28-18(14)24)12-4-1-3-11(7-12)13-5-2-6-25-9-13/h1-7,9,17H,(H6,23,24,26,27,28,29). The van der Waals surface area contributed by atoms with Crippen molar-refractivity contribution in [3.8, 4) is 23.4 Å². The molecule has 1 atom stereocenters. The summed E-state index contributed by atoms with van der Waals surface area (Å²) in [5.41, 5.74) is 15.7. The molecule has 0 bridgehead atoms. The van der Waals surface area contributed by atoms with Crippen LogP contribution in [0.4, 0.5) is 17.3 Å². The fourth-order valence-electron chi connectivity index (χ4n) is 3.24. The minimum atomic E-state index is -0.584. The van der Waals surface area contributed by atoms with E-state index in [2.05, 4.69) is 25.6 Å². The summed E-state index contributed by atoms with van der Waals surface area (Å²) in [5.74, 6) is 0.577. The molecule has 1 aliphatic heterocycles. The van der Waals surface area contributed by atoms with Gasteiger partial charge in [0.1, 0.15) is 29.3 Å². The average Bonchev–Trinajstić information content (AvgIpc) is 2.74. The first-order valence-electron chi connectivity index (χ1n) is 8.61. The van der Waals surface area contributed by atoms with Crippen molar-refractivity contribution in [1.82, 2.24) is 15.3 Å². The molecule has 1 aliphatic rings.